The summed E-state index contributed by atoms with van der Waals surface area (Å²) in [4.78, 5) is 52.8. The first kappa shape index (κ1) is 40.8. The molecule has 12 heteroatoms. The number of fused-ring (bicyclic) bond motifs is 2. The van der Waals surface area contributed by atoms with Crippen LogP contribution in [-0.2, 0) is 14.3 Å². The van der Waals surface area contributed by atoms with E-state index in [4.69, 9.17) is 14.5 Å². The zero-order valence-corrected chi connectivity index (χ0v) is 33.7. The molecule has 3 N–H and O–H groups in total. The number of alkyl carbamates (subject to hydrolysis) is 1. The lowest BCUT2D eigenvalue weighted by molar-refractivity contribution is -0.123. The molecule has 3 amide bonds. The highest BCUT2D eigenvalue weighted by Gasteiger charge is 2.25. The number of aromatic nitrogens is 2. The van der Waals surface area contributed by atoms with E-state index in [-0.39, 0.29) is 11.8 Å². The van der Waals surface area contributed by atoms with Gasteiger partial charge in [-0.05, 0) is 101 Å². The third-order valence-corrected chi connectivity index (χ3v) is 10.2. The first-order valence-electron chi connectivity index (χ1n) is 19.3. The molecular weight excluding hydrogens is 737 g/mol. The van der Waals surface area contributed by atoms with Crippen molar-refractivity contribution in [3.8, 4) is 28.4 Å². The van der Waals surface area contributed by atoms with E-state index in [0.29, 0.717) is 63.5 Å². The molecule has 3 aromatic carbocycles. The molecule has 0 saturated carbocycles. The summed E-state index contributed by atoms with van der Waals surface area (Å²) in [6.45, 7) is 8.84. The molecule has 1 aliphatic heterocycles. The highest BCUT2D eigenvalue weighted by atomic mass is 32.2. The monoisotopic (exact) mass is 786 g/mol. The Morgan fingerprint density at radius 3 is 2.16 bits per heavy atom. The molecule has 6 rings (SSSR count). The maximum Gasteiger partial charge on any atom is 0.408 e. The van der Waals surface area contributed by atoms with E-state index in [1.165, 1.54) is 5.56 Å². The lowest BCUT2D eigenvalue weighted by atomic mass is 10.0. The second kappa shape index (κ2) is 19.3. The highest BCUT2D eigenvalue weighted by molar-refractivity contribution is 7.99. The summed E-state index contributed by atoms with van der Waals surface area (Å²) in [5.74, 6) is 0.0240. The summed E-state index contributed by atoms with van der Waals surface area (Å²) in [6, 6.07) is 33.4. The van der Waals surface area contributed by atoms with Crippen LogP contribution in [0.5, 0.6) is 5.88 Å². The van der Waals surface area contributed by atoms with Crippen LogP contribution in [0.15, 0.2) is 119 Å². The topological polar surface area (TPSA) is 135 Å². The van der Waals surface area contributed by atoms with Crippen molar-refractivity contribution in [2.45, 2.75) is 74.8 Å². The smallest absolute Gasteiger partial charge is 0.408 e. The van der Waals surface area contributed by atoms with Crippen LogP contribution in [0.4, 0.5) is 16.2 Å². The van der Waals surface area contributed by atoms with Crippen molar-refractivity contribution in [2.75, 3.05) is 31.1 Å². The number of rotatable bonds is 16. The van der Waals surface area contributed by atoms with Gasteiger partial charge in [-0.1, -0.05) is 71.9 Å². The Balaban J connectivity index is 0.993. The summed E-state index contributed by atoms with van der Waals surface area (Å²) >= 11 is 1.73. The number of carbonyl (C=O) groups excluding carboxylic acids is 3. The molecule has 11 nitrogen and oxygen atoms in total. The number of hydrogen-bond acceptors (Lipinski definition) is 9. The molecule has 0 aliphatic carbocycles. The van der Waals surface area contributed by atoms with Gasteiger partial charge in [-0.2, -0.15) is 0 Å². The average Bonchev–Trinajstić information content (AvgIpc) is 3.20. The third kappa shape index (κ3) is 11.8. The quantitative estimate of drug-likeness (QED) is 0.0842. The first-order chi connectivity index (χ1) is 27.5. The number of para-hydroxylation sites is 2. The van der Waals surface area contributed by atoms with E-state index < -0.39 is 17.7 Å². The minimum Gasteiger partial charge on any atom is -0.478 e. The van der Waals surface area contributed by atoms with Gasteiger partial charge in [0.1, 0.15) is 11.6 Å². The van der Waals surface area contributed by atoms with E-state index in [2.05, 4.69) is 81.3 Å². The second-order valence-electron chi connectivity index (χ2n) is 14.8. The Morgan fingerprint density at radius 1 is 0.789 bits per heavy atom. The molecule has 0 saturated heterocycles. The second-order valence-corrected chi connectivity index (χ2v) is 15.9. The minimum absolute atomic E-state index is 0.0877. The number of benzene rings is 3. The Morgan fingerprint density at radius 2 is 1.47 bits per heavy atom. The lowest BCUT2D eigenvalue weighted by Gasteiger charge is -2.32. The van der Waals surface area contributed by atoms with Crippen molar-refractivity contribution in [2.24, 2.45) is 0 Å². The fourth-order valence-corrected chi connectivity index (χ4v) is 7.39. The molecule has 1 atom stereocenters. The van der Waals surface area contributed by atoms with Crippen molar-refractivity contribution in [3.05, 3.63) is 115 Å². The van der Waals surface area contributed by atoms with Gasteiger partial charge in [-0.25, -0.2) is 9.78 Å². The predicted molar refractivity (Wildman–Crippen MR) is 225 cm³/mol. The first-order valence-corrected chi connectivity index (χ1v) is 20.1. The molecule has 5 aromatic rings. The van der Waals surface area contributed by atoms with Gasteiger partial charge in [0.25, 0.3) is 0 Å². The zero-order chi connectivity index (χ0) is 40.2. The van der Waals surface area contributed by atoms with Crippen LogP contribution in [0.25, 0.3) is 22.5 Å². The summed E-state index contributed by atoms with van der Waals surface area (Å²) in [6.07, 6.45) is 2.62. The molecule has 0 fully saturated rings. The van der Waals surface area contributed by atoms with E-state index in [1.807, 2.05) is 54.6 Å². The van der Waals surface area contributed by atoms with Gasteiger partial charge in [0.05, 0.1) is 29.4 Å². The normalized spacial score (nSPS) is 12.5. The number of pyridine rings is 2. The summed E-state index contributed by atoms with van der Waals surface area (Å²) in [5, 5.41) is 8.64. The van der Waals surface area contributed by atoms with E-state index in [0.717, 1.165) is 38.0 Å². The number of amides is 3. The van der Waals surface area contributed by atoms with E-state index in [9.17, 15) is 14.4 Å². The number of aryl methyl sites for hydroxylation is 1. The van der Waals surface area contributed by atoms with Gasteiger partial charge in [-0.3, -0.25) is 14.6 Å². The van der Waals surface area contributed by atoms with Gasteiger partial charge in [-0.15, -0.1) is 0 Å². The van der Waals surface area contributed by atoms with Crippen LogP contribution in [0, 0.1) is 6.92 Å². The molecular formula is C45H50N6O5S. The van der Waals surface area contributed by atoms with Crippen molar-refractivity contribution >= 4 is 41.0 Å². The molecule has 3 heterocycles. The van der Waals surface area contributed by atoms with Crippen molar-refractivity contribution in [1.29, 1.82) is 0 Å². The predicted octanol–water partition coefficient (Wildman–Crippen LogP) is 8.49. The maximum absolute atomic E-state index is 13.4. The summed E-state index contributed by atoms with van der Waals surface area (Å²) in [5.41, 5.74) is 6.04. The van der Waals surface area contributed by atoms with Gasteiger partial charge < -0.3 is 30.3 Å². The van der Waals surface area contributed by atoms with Gasteiger partial charge in [0.2, 0.25) is 17.7 Å². The lowest BCUT2D eigenvalue weighted by Crippen LogP contribution is -2.48. The highest BCUT2D eigenvalue weighted by Crippen LogP contribution is 2.47. The number of hydrogen-bond donors (Lipinski definition) is 3. The third-order valence-electron chi connectivity index (χ3n) is 9.08. The Hall–Kier alpha value is -5.88. The van der Waals surface area contributed by atoms with Crippen LogP contribution in [-0.4, -0.2) is 65.8 Å². The van der Waals surface area contributed by atoms with Gasteiger partial charge in [0, 0.05) is 48.1 Å². The SMILES string of the molecule is Cc1ccc(-c2cc(OCCCNC(=O)C(CCCNC(=O)CCN3c4ccccc4Sc4ccccc43)NC(=O)OC(C)(C)C)nc(-c3ccccn3)c2)cc1. The molecule has 57 heavy (non-hydrogen) atoms. The Kier molecular flexibility index (Phi) is 13.8. The molecule has 0 bridgehead atoms. The van der Waals surface area contributed by atoms with Crippen LogP contribution in [0.3, 0.4) is 0 Å². The van der Waals surface area contributed by atoms with Crippen LogP contribution in [0.2, 0.25) is 0 Å². The summed E-state index contributed by atoms with van der Waals surface area (Å²) < 4.78 is 11.5. The molecule has 1 unspecified atom stereocenters. The summed E-state index contributed by atoms with van der Waals surface area (Å²) in [7, 11) is 0. The average molecular weight is 787 g/mol. The Bertz CT molecular complexity index is 2100. The maximum atomic E-state index is 13.4. The largest absolute Gasteiger partial charge is 0.478 e. The number of nitrogens with zero attached hydrogens (tertiary/aromatic N) is 3. The van der Waals surface area contributed by atoms with Crippen LogP contribution >= 0.6 is 11.8 Å². The number of carbonyl (C=O) groups is 3. The van der Waals surface area contributed by atoms with Crippen molar-refractivity contribution in [3.63, 3.8) is 0 Å². The molecule has 296 valence electrons. The zero-order valence-electron chi connectivity index (χ0n) is 32.9. The van der Waals surface area contributed by atoms with Gasteiger partial charge >= 0.3 is 6.09 Å². The standard InChI is InChI=1S/C45H50N6O5S/c1-31-19-21-32(22-20-31)33-29-36(34-13-9-10-24-46-34)49-42(30-33)55-28-12-26-48-43(53)35(50-44(54)56-45(2,3)4)14-11-25-47-41(52)23-27-51-37-15-5-7-17-39(37)57-40-18-8-6-16-38(40)51/h5-10,13,15-22,24,29-30,35H,11-12,14,23,25-28H2,1-4H3,(H,47,52)(H,48,53)(H,50,54). The number of ether oxygens (including phenoxy) is 2. The van der Waals surface area contributed by atoms with Gasteiger partial charge in [0.15, 0.2) is 0 Å². The minimum atomic E-state index is -0.856. The molecule has 0 radical (unpaired) electrons. The Labute approximate surface area is 339 Å². The number of anilines is 2. The molecule has 2 aromatic heterocycles. The number of nitrogens with one attached hydrogen (secondary N) is 3. The van der Waals surface area contributed by atoms with Crippen molar-refractivity contribution < 1.29 is 23.9 Å². The molecule has 0 spiro atoms. The fourth-order valence-electron chi connectivity index (χ4n) is 6.30. The fraction of sp³-hybridized carbons (Fsp3) is 0.311. The van der Waals surface area contributed by atoms with Crippen molar-refractivity contribution in [1.82, 2.24) is 25.9 Å². The van der Waals surface area contributed by atoms with Crippen LogP contribution in [0.1, 0.15) is 52.0 Å². The van der Waals surface area contributed by atoms with E-state index in [1.54, 1.807) is 38.7 Å². The molecule has 1 aliphatic rings. The van der Waals surface area contributed by atoms with Crippen LogP contribution < -0.4 is 25.6 Å². The van der Waals surface area contributed by atoms with E-state index >= 15 is 0 Å².